The van der Waals surface area contributed by atoms with Crippen molar-refractivity contribution in [3.63, 3.8) is 0 Å². The second-order valence-electron chi connectivity index (χ2n) is 6.60. The zero-order chi connectivity index (χ0) is 18.6. The van der Waals surface area contributed by atoms with Gasteiger partial charge >= 0.3 is 0 Å². The van der Waals surface area contributed by atoms with Crippen molar-refractivity contribution in [3.8, 4) is 5.69 Å². The van der Waals surface area contributed by atoms with Gasteiger partial charge in [-0.2, -0.15) is 0 Å². The van der Waals surface area contributed by atoms with Gasteiger partial charge in [0.2, 0.25) is 5.82 Å². The minimum Gasteiger partial charge on any atom is -0.389 e. The van der Waals surface area contributed by atoms with Crippen molar-refractivity contribution in [2.45, 2.75) is 46.1 Å². The Balaban J connectivity index is 2.41. The summed E-state index contributed by atoms with van der Waals surface area (Å²) in [7, 11) is 0. The minimum absolute atomic E-state index is 0.0119. The lowest BCUT2D eigenvalue weighted by Gasteiger charge is -2.27. The van der Waals surface area contributed by atoms with Gasteiger partial charge < -0.3 is 10.0 Å². The molecule has 0 bridgehead atoms. The summed E-state index contributed by atoms with van der Waals surface area (Å²) in [5.74, 6) is -0.252. The van der Waals surface area contributed by atoms with E-state index in [9.17, 15) is 14.3 Å². The molecule has 1 amide bonds. The lowest BCUT2D eigenvalue weighted by atomic mass is 10.1. The maximum absolute atomic E-state index is 14.1. The summed E-state index contributed by atoms with van der Waals surface area (Å²) in [5, 5.41) is 14.2. The fourth-order valence-corrected chi connectivity index (χ4v) is 2.57. The monoisotopic (exact) mass is 348 g/mol. The maximum atomic E-state index is 14.1. The first-order chi connectivity index (χ1) is 11.8. The zero-order valence-corrected chi connectivity index (χ0v) is 15.2. The van der Waals surface area contributed by atoms with Crippen LogP contribution < -0.4 is 0 Å². The lowest BCUT2D eigenvalue weighted by molar-refractivity contribution is 0.0308. The topological polar surface area (TPSA) is 71.2 Å². The third kappa shape index (κ3) is 4.63. The van der Waals surface area contributed by atoms with Gasteiger partial charge in [0.25, 0.3) is 5.91 Å². The van der Waals surface area contributed by atoms with Gasteiger partial charge in [0.15, 0.2) is 0 Å². The summed E-state index contributed by atoms with van der Waals surface area (Å²) in [4.78, 5) is 18.5. The van der Waals surface area contributed by atoms with Gasteiger partial charge in [0, 0.05) is 19.5 Å². The molecule has 0 radical (unpaired) electrons. The van der Waals surface area contributed by atoms with Gasteiger partial charge in [-0.1, -0.05) is 19.1 Å². The summed E-state index contributed by atoms with van der Waals surface area (Å²) in [6, 6.07) is 6.26. The number of likely N-dealkylation sites (N-methyl/N-ethyl adjacent to an activating group) is 1. The van der Waals surface area contributed by atoms with Crippen LogP contribution in [-0.2, 0) is 6.42 Å². The van der Waals surface area contributed by atoms with E-state index >= 15 is 0 Å². The minimum atomic E-state index is -1.02. The number of halogens is 1. The molecular weight excluding hydrogens is 323 g/mol. The molecule has 0 unspecified atom stereocenters. The Labute approximate surface area is 147 Å². The molecule has 0 fully saturated rings. The van der Waals surface area contributed by atoms with Crippen LogP contribution in [0.1, 0.15) is 50.6 Å². The van der Waals surface area contributed by atoms with Crippen LogP contribution in [0.2, 0.25) is 0 Å². The van der Waals surface area contributed by atoms with E-state index in [1.54, 1.807) is 32.0 Å². The predicted octanol–water partition coefficient (Wildman–Crippen LogP) is 2.59. The summed E-state index contributed by atoms with van der Waals surface area (Å²) < 4.78 is 15.5. The molecule has 7 heteroatoms. The highest BCUT2D eigenvalue weighted by atomic mass is 19.1. The average Bonchev–Trinajstić information content (AvgIpc) is 2.95. The normalized spacial score (nSPS) is 11.6. The Kier molecular flexibility index (Phi) is 5.89. The van der Waals surface area contributed by atoms with E-state index in [0.717, 1.165) is 6.42 Å². The summed E-state index contributed by atoms with van der Waals surface area (Å²) in [6.45, 7) is 7.66. The first-order valence-corrected chi connectivity index (χ1v) is 8.49. The Morgan fingerprint density at radius 2 is 2.00 bits per heavy atom. The fraction of sp³-hybridized carbons (Fsp3) is 0.500. The van der Waals surface area contributed by atoms with Gasteiger partial charge in [-0.3, -0.25) is 4.79 Å². The number of carbonyl (C=O) groups excluding carboxylic acids is 1. The van der Waals surface area contributed by atoms with Crippen molar-refractivity contribution in [2.75, 3.05) is 13.1 Å². The number of aliphatic hydroxyl groups is 1. The van der Waals surface area contributed by atoms with Crippen LogP contribution in [0, 0.1) is 5.82 Å². The van der Waals surface area contributed by atoms with E-state index in [4.69, 9.17) is 0 Å². The van der Waals surface area contributed by atoms with Crippen molar-refractivity contribution in [3.05, 3.63) is 41.7 Å². The highest BCUT2D eigenvalue weighted by molar-refractivity contribution is 5.90. The van der Waals surface area contributed by atoms with Gasteiger partial charge in [-0.25, -0.2) is 14.1 Å². The standard InChI is InChI=1S/C18H25FN4O2/c1-5-9-15-20-16(17(24)22(6-2)12-18(3,4)25)21-23(15)14-11-8-7-10-13(14)19/h7-8,10-11,25H,5-6,9,12H2,1-4H3. The van der Waals surface area contributed by atoms with Crippen LogP contribution in [0.25, 0.3) is 5.69 Å². The number of nitrogens with zero attached hydrogens (tertiary/aromatic N) is 4. The lowest BCUT2D eigenvalue weighted by Crippen LogP contribution is -2.42. The van der Waals surface area contributed by atoms with Crippen LogP contribution in [0.3, 0.4) is 0 Å². The number of benzene rings is 1. The Hall–Kier alpha value is -2.28. The highest BCUT2D eigenvalue weighted by Crippen LogP contribution is 2.16. The van der Waals surface area contributed by atoms with E-state index in [-0.39, 0.29) is 24.0 Å². The van der Waals surface area contributed by atoms with Crippen LogP contribution in [0.5, 0.6) is 0 Å². The first-order valence-electron chi connectivity index (χ1n) is 8.49. The Morgan fingerprint density at radius 3 is 2.56 bits per heavy atom. The summed E-state index contributed by atoms with van der Waals surface area (Å²) in [6.07, 6.45) is 1.37. The molecule has 1 N–H and O–H groups in total. The number of hydrogen-bond donors (Lipinski definition) is 1. The molecular formula is C18H25FN4O2. The van der Waals surface area contributed by atoms with E-state index in [2.05, 4.69) is 10.1 Å². The van der Waals surface area contributed by atoms with Crippen molar-refractivity contribution in [1.29, 1.82) is 0 Å². The van der Waals surface area contributed by atoms with Crippen LogP contribution in [0.15, 0.2) is 24.3 Å². The summed E-state index contributed by atoms with van der Waals surface area (Å²) >= 11 is 0. The van der Waals surface area contributed by atoms with E-state index < -0.39 is 11.4 Å². The molecule has 1 heterocycles. The number of hydrogen-bond acceptors (Lipinski definition) is 4. The molecule has 0 aliphatic carbocycles. The van der Waals surface area contributed by atoms with Gasteiger partial charge in [0.1, 0.15) is 17.3 Å². The molecule has 0 spiro atoms. The molecule has 0 atom stereocenters. The Bertz CT molecular complexity index is 737. The molecule has 0 saturated heterocycles. The van der Waals surface area contributed by atoms with Gasteiger partial charge in [0.05, 0.1) is 5.60 Å². The molecule has 1 aromatic carbocycles. The number of rotatable bonds is 7. The number of aromatic nitrogens is 3. The van der Waals surface area contributed by atoms with Crippen LogP contribution >= 0.6 is 0 Å². The number of amides is 1. The number of aryl methyl sites for hydroxylation is 1. The quantitative estimate of drug-likeness (QED) is 0.835. The van der Waals surface area contributed by atoms with Crippen molar-refractivity contribution in [2.24, 2.45) is 0 Å². The second-order valence-corrected chi connectivity index (χ2v) is 6.60. The number of para-hydroxylation sites is 1. The van der Waals surface area contributed by atoms with Crippen molar-refractivity contribution in [1.82, 2.24) is 19.7 Å². The number of carbonyl (C=O) groups is 1. The molecule has 0 aliphatic heterocycles. The summed E-state index contributed by atoms with van der Waals surface area (Å²) in [5.41, 5.74) is -0.755. The van der Waals surface area contributed by atoms with Crippen molar-refractivity contribution < 1.29 is 14.3 Å². The molecule has 2 rings (SSSR count). The SMILES string of the molecule is CCCc1nc(C(=O)N(CC)CC(C)(C)O)nn1-c1ccccc1F. The molecule has 2 aromatic rings. The highest BCUT2D eigenvalue weighted by Gasteiger charge is 2.26. The molecule has 0 saturated carbocycles. The largest absolute Gasteiger partial charge is 0.389 e. The average molecular weight is 348 g/mol. The van der Waals surface area contributed by atoms with Gasteiger partial charge in [-0.05, 0) is 39.3 Å². The van der Waals surface area contributed by atoms with E-state index in [1.807, 2.05) is 13.8 Å². The maximum Gasteiger partial charge on any atom is 0.293 e. The van der Waals surface area contributed by atoms with Crippen molar-refractivity contribution >= 4 is 5.91 Å². The molecule has 25 heavy (non-hydrogen) atoms. The molecule has 136 valence electrons. The second kappa shape index (κ2) is 7.74. The van der Waals surface area contributed by atoms with Crippen LogP contribution in [0.4, 0.5) is 4.39 Å². The smallest absolute Gasteiger partial charge is 0.293 e. The third-order valence-electron chi connectivity index (χ3n) is 3.67. The Morgan fingerprint density at radius 1 is 1.32 bits per heavy atom. The molecule has 0 aliphatic rings. The zero-order valence-electron chi connectivity index (χ0n) is 15.2. The molecule has 6 nitrogen and oxygen atoms in total. The third-order valence-corrected chi connectivity index (χ3v) is 3.67. The van der Waals surface area contributed by atoms with Crippen LogP contribution in [-0.4, -0.2) is 49.4 Å². The van der Waals surface area contributed by atoms with Gasteiger partial charge in [-0.15, -0.1) is 5.10 Å². The fourth-order valence-electron chi connectivity index (χ4n) is 2.57. The first kappa shape index (κ1) is 19.1. The molecule has 1 aromatic heterocycles. The van der Waals surface area contributed by atoms with E-state index in [1.165, 1.54) is 15.6 Å². The predicted molar refractivity (Wildman–Crippen MR) is 93.2 cm³/mol. The van der Waals surface area contributed by atoms with E-state index in [0.29, 0.717) is 18.8 Å².